The third kappa shape index (κ3) is 4.32. The summed E-state index contributed by atoms with van der Waals surface area (Å²) in [5.41, 5.74) is 1.14. The van der Waals surface area contributed by atoms with Crippen molar-refractivity contribution in [3.8, 4) is 17.5 Å². The number of nitriles is 1. The van der Waals surface area contributed by atoms with Gasteiger partial charge in [0.2, 0.25) is 5.82 Å². The lowest BCUT2D eigenvalue weighted by Crippen LogP contribution is -2.15. The molecule has 0 atom stereocenters. The van der Waals surface area contributed by atoms with Crippen LogP contribution in [-0.2, 0) is 0 Å². The van der Waals surface area contributed by atoms with Crippen molar-refractivity contribution in [2.75, 3.05) is 5.32 Å². The molecule has 3 rings (SSSR count). The molecule has 142 valence electrons. The molecule has 2 aromatic carbocycles. The van der Waals surface area contributed by atoms with Crippen LogP contribution in [0, 0.1) is 18.3 Å². The first kappa shape index (κ1) is 19.4. The van der Waals surface area contributed by atoms with Crippen LogP contribution < -0.4 is 10.1 Å². The summed E-state index contributed by atoms with van der Waals surface area (Å²) in [6.07, 6.45) is 0. The quantitative estimate of drug-likeness (QED) is 0.636. The second-order valence-corrected chi connectivity index (χ2v) is 6.44. The number of carbonyl (C=O) groups is 1. The van der Waals surface area contributed by atoms with E-state index in [2.05, 4.69) is 36.1 Å². The molecule has 1 aromatic heterocycles. The minimum atomic E-state index is -2.91. The minimum Gasteiger partial charge on any atom is -0.435 e. The number of aromatic nitrogens is 3. The van der Waals surface area contributed by atoms with Gasteiger partial charge in [-0.25, -0.2) is 9.67 Å². The Morgan fingerprint density at radius 1 is 1.29 bits per heavy atom. The molecule has 1 N–H and O–H groups in total. The summed E-state index contributed by atoms with van der Waals surface area (Å²) in [6.45, 7) is -1.26. The number of benzene rings is 2. The standard InChI is InChI=1S/C18H12BrF2N5O2/c1-10-23-16(17(27)24-15-7-2-12(19)8-11(15)9-22)25-26(10)13-3-5-14(6-4-13)28-18(20)21/h2-8,18H,1H3,(H,24,27). The number of rotatable bonds is 5. The molecule has 0 fully saturated rings. The van der Waals surface area contributed by atoms with Gasteiger partial charge >= 0.3 is 6.61 Å². The third-order valence-corrected chi connectivity index (χ3v) is 4.12. The molecule has 0 radical (unpaired) electrons. The number of hydrogen-bond acceptors (Lipinski definition) is 5. The summed E-state index contributed by atoms with van der Waals surface area (Å²) in [5, 5.41) is 15.9. The van der Waals surface area contributed by atoms with Crippen LogP contribution in [0.25, 0.3) is 5.69 Å². The normalized spacial score (nSPS) is 10.6. The zero-order valence-corrected chi connectivity index (χ0v) is 15.9. The van der Waals surface area contributed by atoms with Gasteiger partial charge in [0.15, 0.2) is 0 Å². The van der Waals surface area contributed by atoms with E-state index in [0.717, 1.165) is 0 Å². The number of halogens is 3. The number of nitrogens with zero attached hydrogens (tertiary/aromatic N) is 4. The fourth-order valence-electron chi connectivity index (χ4n) is 2.40. The number of carbonyl (C=O) groups excluding carboxylic acids is 1. The van der Waals surface area contributed by atoms with Gasteiger partial charge in [-0.3, -0.25) is 4.79 Å². The van der Waals surface area contributed by atoms with Crippen LogP contribution in [0.4, 0.5) is 14.5 Å². The van der Waals surface area contributed by atoms with Crippen molar-refractivity contribution in [2.45, 2.75) is 13.5 Å². The average Bonchev–Trinajstić information content (AvgIpc) is 3.05. The number of anilines is 1. The van der Waals surface area contributed by atoms with Gasteiger partial charge in [-0.05, 0) is 49.4 Å². The second-order valence-electron chi connectivity index (χ2n) is 5.52. The Bertz CT molecular complexity index is 1060. The van der Waals surface area contributed by atoms with Gasteiger partial charge in [-0.2, -0.15) is 14.0 Å². The molecule has 7 nitrogen and oxygen atoms in total. The van der Waals surface area contributed by atoms with E-state index >= 15 is 0 Å². The second kappa shape index (κ2) is 8.14. The van der Waals surface area contributed by atoms with Gasteiger partial charge in [-0.1, -0.05) is 15.9 Å². The number of nitrogens with one attached hydrogen (secondary N) is 1. The molecule has 3 aromatic rings. The lowest BCUT2D eigenvalue weighted by Gasteiger charge is -2.06. The fraction of sp³-hybridized carbons (Fsp3) is 0.111. The monoisotopic (exact) mass is 447 g/mol. The molecule has 0 spiro atoms. The Kier molecular flexibility index (Phi) is 5.65. The highest BCUT2D eigenvalue weighted by atomic mass is 79.9. The Balaban J connectivity index is 1.82. The van der Waals surface area contributed by atoms with Gasteiger partial charge in [0.1, 0.15) is 17.6 Å². The van der Waals surface area contributed by atoms with E-state index < -0.39 is 12.5 Å². The highest BCUT2D eigenvalue weighted by Gasteiger charge is 2.17. The van der Waals surface area contributed by atoms with E-state index in [1.807, 2.05) is 6.07 Å². The van der Waals surface area contributed by atoms with Gasteiger partial charge in [0.25, 0.3) is 5.91 Å². The highest BCUT2D eigenvalue weighted by molar-refractivity contribution is 9.10. The van der Waals surface area contributed by atoms with Crippen LogP contribution >= 0.6 is 15.9 Å². The molecule has 0 saturated carbocycles. The van der Waals surface area contributed by atoms with E-state index in [4.69, 9.17) is 0 Å². The molecule has 1 heterocycles. The van der Waals surface area contributed by atoms with E-state index in [9.17, 15) is 18.8 Å². The summed E-state index contributed by atoms with van der Waals surface area (Å²) in [4.78, 5) is 16.6. The molecule has 28 heavy (non-hydrogen) atoms. The smallest absolute Gasteiger partial charge is 0.387 e. The summed E-state index contributed by atoms with van der Waals surface area (Å²) >= 11 is 3.26. The van der Waals surface area contributed by atoms with Crippen molar-refractivity contribution in [3.63, 3.8) is 0 Å². The maximum absolute atomic E-state index is 12.5. The Labute approximate surface area is 166 Å². The van der Waals surface area contributed by atoms with E-state index in [-0.39, 0.29) is 17.1 Å². The zero-order chi connectivity index (χ0) is 20.3. The van der Waals surface area contributed by atoms with Gasteiger partial charge in [0, 0.05) is 4.47 Å². The topological polar surface area (TPSA) is 92.8 Å². The van der Waals surface area contributed by atoms with Crippen LogP contribution in [0.2, 0.25) is 0 Å². The van der Waals surface area contributed by atoms with Crippen LogP contribution in [0.15, 0.2) is 46.9 Å². The number of amides is 1. The molecule has 0 aliphatic rings. The van der Waals surface area contributed by atoms with Crippen molar-refractivity contribution in [1.82, 2.24) is 14.8 Å². The molecule has 1 amide bonds. The third-order valence-electron chi connectivity index (χ3n) is 3.63. The van der Waals surface area contributed by atoms with Crippen molar-refractivity contribution in [3.05, 3.63) is 64.1 Å². The maximum atomic E-state index is 12.5. The van der Waals surface area contributed by atoms with Gasteiger partial charge in [0.05, 0.1) is 16.9 Å². The first-order chi connectivity index (χ1) is 13.4. The van der Waals surface area contributed by atoms with Crippen molar-refractivity contribution in [1.29, 1.82) is 5.26 Å². The highest BCUT2D eigenvalue weighted by Crippen LogP contribution is 2.21. The number of ether oxygens (including phenoxy) is 1. The number of hydrogen-bond donors (Lipinski definition) is 1. The lowest BCUT2D eigenvalue weighted by molar-refractivity contribution is -0.0498. The van der Waals surface area contributed by atoms with E-state index in [0.29, 0.717) is 21.7 Å². The molecule has 0 unspecified atom stereocenters. The van der Waals surface area contributed by atoms with Crippen molar-refractivity contribution in [2.24, 2.45) is 0 Å². The number of aryl methyl sites for hydroxylation is 1. The van der Waals surface area contributed by atoms with E-state index in [1.165, 1.54) is 28.9 Å². The Hall–Kier alpha value is -3.32. The Morgan fingerprint density at radius 2 is 2.00 bits per heavy atom. The number of alkyl halides is 2. The molecule has 0 aliphatic heterocycles. The van der Waals surface area contributed by atoms with Crippen molar-refractivity contribution >= 4 is 27.5 Å². The first-order valence-corrected chi connectivity index (χ1v) is 8.66. The summed E-state index contributed by atoms with van der Waals surface area (Å²) in [7, 11) is 0. The molecule has 0 bridgehead atoms. The fourth-order valence-corrected chi connectivity index (χ4v) is 2.76. The van der Waals surface area contributed by atoms with Gasteiger partial charge in [-0.15, -0.1) is 5.10 Å². The molecular formula is C18H12BrF2N5O2. The predicted molar refractivity (Wildman–Crippen MR) is 99.5 cm³/mol. The average molecular weight is 448 g/mol. The molecule has 0 aliphatic carbocycles. The molecule has 10 heteroatoms. The SMILES string of the molecule is Cc1nc(C(=O)Nc2ccc(Br)cc2C#N)nn1-c1ccc(OC(F)F)cc1. The van der Waals surface area contributed by atoms with Crippen LogP contribution in [0.3, 0.4) is 0 Å². The largest absolute Gasteiger partial charge is 0.435 e. The minimum absolute atomic E-state index is 0.00811. The maximum Gasteiger partial charge on any atom is 0.387 e. The van der Waals surface area contributed by atoms with Crippen LogP contribution in [0.5, 0.6) is 5.75 Å². The molecular weight excluding hydrogens is 436 g/mol. The van der Waals surface area contributed by atoms with Crippen molar-refractivity contribution < 1.29 is 18.3 Å². The predicted octanol–water partition coefficient (Wildman–Crippen LogP) is 4.06. The zero-order valence-electron chi connectivity index (χ0n) is 14.4. The van der Waals surface area contributed by atoms with Crippen LogP contribution in [0.1, 0.15) is 22.0 Å². The summed E-state index contributed by atoms with van der Waals surface area (Å²) < 4.78 is 30.9. The summed E-state index contributed by atoms with van der Waals surface area (Å²) in [6, 6.07) is 12.6. The first-order valence-electron chi connectivity index (χ1n) is 7.87. The lowest BCUT2D eigenvalue weighted by atomic mass is 10.2. The van der Waals surface area contributed by atoms with Crippen LogP contribution in [-0.4, -0.2) is 27.3 Å². The summed E-state index contributed by atoms with van der Waals surface area (Å²) in [5.74, 6) is -0.256. The van der Waals surface area contributed by atoms with E-state index in [1.54, 1.807) is 25.1 Å². The van der Waals surface area contributed by atoms with Gasteiger partial charge < -0.3 is 10.1 Å². The Morgan fingerprint density at radius 3 is 2.64 bits per heavy atom. The molecule has 0 saturated heterocycles.